The molecule has 0 bridgehead atoms. The summed E-state index contributed by atoms with van der Waals surface area (Å²) < 4.78 is 0.598. The van der Waals surface area contributed by atoms with Crippen LogP contribution in [0.5, 0.6) is 0 Å². The second-order valence-corrected chi connectivity index (χ2v) is 9.99. The van der Waals surface area contributed by atoms with Gasteiger partial charge in [-0.2, -0.15) is 0 Å². The average Bonchev–Trinajstić information content (AvgIpc) is 1.94. The van der Waals surface area contributed by atoms with Crippen LogP contribution in [0.1, 0.15) is 68.2 Å². The van der Waals surface area contributed by atoms with Crippen molar-refractivity contribution in [2.45, 2.75) is 77.5 Å². The van der Waals surface area contributed by atoms with Gasteiger partial charge in [-0.1, -0.05) is 83.3 Å². The Labute approximate surface area is 128 Å². The van der Waals surface area contributed by atoms with Crippen molar-refractivity contribution in [3.05, 3.63) is 0 Å². The summed E-state index contributed by atoms with van der Waals surface area (Å²) in [7, 11) is 1.94. The Kier molecular flexibility index (Phi) is 6.44. The highest BCUT2D eigenvalue weighted by atomic mass is 127. The standard InChI is InChI=1S/C15H29BIO/c1-11(17)14(5,6)10-15(7,8)16-12(18)9-13(2,3)4/h11H,9-10H2,1-8H3. The molecule has 1 atom stereocenters. The molecule has 0 aromatic heterocycles. The lowest BCUT2D eigenvalue weighted by Crippen LogP contribution is -2.32. The molecule has 0 aromatic carbocycles. The fraction of sp³-hybridized carbons (Fsp3) is 0.933. The third kappa shape index (κ3) is 7.80. The molecule has 3 heteroatoms. The van der Waals surface area contributed by atoms with E-state index in [9.17, 15) is 4.79 Å². The SMILES string of the molecule is CC(I)C(C)(C)CC(C)(C)[B]C(=O)CC(C)(C)C. The number of hydrogen-bond donors (Lipinski definition) is 0. The van der Waals surface area contributed by atoms with Gasteiger partial charge in [0.15, 0.2) is 0 Å². The van der Waals surface area contributed by atoms with Gasteiger partial charge in [0.05, 0.1) is 5.68 Å². The minimum absolute atomic E-state index is 0.0226. The van der Waals surface area contributed by atoms with Gasteiger partial charge < -0.3 is 4.79 Å². The van der Waals surface area contributed by atoms with E-state index in [0.29, 0.717) is 10.3 Å². The molecule has 0 aromatic rings. The van der Waals surface area contributed by atoms with Crippen molar-refractivity contribution in [2.75, 3.05) is 0 Å². The molecule has 0 saturated heterocycles. The minimum Gasteiger partial charge on any atom is -0.312 e. The van der Waals surface area contributed by atoms with Crippen molar-refractivity contribution in [2.24, 2.45) is 10.8 Å². The summed E-state index contributed by atoms with van der Waals surface area (Å²) in [5, 5.41) is -0.0226. The Morgan fingerprint density at radius 3 is 1.89 bits per heavy atom. The fourth-order valence-corrected chi connectivity index (χ4v) is 2.60. The van der Waals surface area contributed by atoms with Crippen LogP contribution in [0, 0.1) is 10.8 Å². The first-order valence-electron chi connectivity index (χ1n) is 6.78. The van der Waals surface area contributed by atoms with E-state index in [2.05, 4.69) is 78.0 Å². The number of alkyl halides is 1. The van der Waals surface area contributed by atoms with E-state index < -0.39 is 0 Å². The molecule has 0 N–H and O–H groups in total. The molecule has 0 aliphatic carbocycles. The zero-order valence-electron chi connectivity index (χ0n) is 13.4. The maximum atomic E-state index is 12.1. The first kappa shape index (κ1) is 18.5. The van der Waals surface area contributed by atoms with Crippen LogP contribution >= 0.6 is 22.6 Å². The van der Waals surface area contributed by atoms with Gasteiger partial charge >= 0.3 is 0 Å². The number of hydrogen-bond acceptors (Lipinski definition) is 1. The molecule has 1 unspecified atom stereocenters. The second-order valence-electron chi connectivity index (χ2n) is 8.12. The molecule has 0 spiro atoms. The Morgan fingerprint density at radius 1 is 1.11 bits per heavy atom. The summed E-state index contributed by atoms with van der Waals surface area (Å²) in [6.07, 6.45) is 1.68. The number of rotatable bonds is 6. The fourth-order valence-electron chi connectivity index (χ4n) is 2.38. The molecule has 1 nitrogen and oxygen atoms in total. The summed E-state index contributed by atoms with van der Waals surface area (Å²) in [5.41, 5.74) is 0.614. The van der Waals surface area contributed by atoms with Gasteiger partial charge in [0, 0.05) is 10.3 Å². The first-order valence-corrected chi connectivity index (χ1v) is 8.03. The zero-order chi connectivity index (χ0) is 14.8. The summed E-state index contributed by atoms with van der Waals surface area (Å²) in [6.45, 7) is 17.5. The Balaban J connectivity index is 4.53. The average molecular weight is 363 g/mol. The molecular formula is C15H29BIO. The molecule has 1 radical (unpaired) electrons. The van der Waals surface area contributed by atoms with Gasteiger partial charge in [0.1, 0.15) is 0 Å². The Bertz CT molecular complexity index is 287. The maximum Gasteiger partial charge on any atom is 0.208 e. The minimum atomic E-state index is -0.0226. The molecule has 0 fully saturated rings. The topological polar surface area (TPSA) is 17.1 Å². The van der Waals surface area contributed by atoms with Crippen molar-refractivity contribution in [1.82, 2.24) is 0 Å². The van der Waals surface area contributed by atoms with Crippen LogP contribution < -0.4 is 0 Å². The molecule has 0 aliphatic heterocycles. The Morgan fingerprint density at radius 2 is 1.56 bits per heavy atom. The molecule has 105 valence electrons. The number of halogens is 1. The van der Waals surface area contributed by atoms with Crippen LogP contribution in [-0.4, -0.2) is 16.9 Å². The van der Waals surface area contributed by atoms with E-state index in [1.165, 1.54) is 0 Å². The number of carbonyl (C=O) groups excluding carboxylic acids is 1. The lowest BCUT2D eigenvalue weighted by atomic mass is 9.46. The van der Waals surface area contributed by atoms with Crippen molar-refractivity contribution in [3.63, 3.8) is 0 Å². The van der Waals surface area contributed by atoms with E-state index in [0.717, 1.165) is 6.42 Å². The van der Waals surface area contributed by atoms with Gasteiger partial charge in [-0.05, 0) is 17.3 Å². The van der Waals surface area contributed by atoms with Crippen LogP contribution in [0.3, 0.4) is 0 Å². The third-order valence-electron chi connectivity index (χ3n) is 3.24. The predicted molar refractivity (Wildman–Crippen MR) is 90.8 cm³/mol. The molecule has 0 saturated carbocycles. The Hall–Kier alpha value is 0.465. The van der Waals surface area contributed by atoms with Crippen molar-refractivity contribution in [1.29, 1.82) is 0 Å². The van der Waals surface area contributed by atoms with Crippen LogP contribution in [0.4, 0.5) is 0 Å². The van der Waals surface area contributed by atoms with Crippen LogP contribution in [0.15, 0.2) is 0 Å². The van der Waals surface area contributed by atoms with Gasteiger partial charge in [0.2, 0.25) is 7.28 Å². The summed E-state index contributed by atoms with van der Waals surface area (Å²) >= 11 is 2.48. The highest BCUT2D eigenvalue weighted by molar-refractivity contribution is 14.1. The van der Waals surface area contributed by atoms with Crippen molar-refractivity contribution < 1.29 is 4.79 Å². The van der Waals surface area contributed by atoms with Crippen molar-refractivity contribution >= 4 is 35.6 Å². The van der Waals surface area contributed by atoms with Gasteiger partial charge in [-0.25, -0.2) is 0 Å². The maximum absolute atomic E-state index is 12.1. The normalized spacial score (nSPS) is 15.4. The largest absolute Gasteiger partial charge is 0.312 e. The van der Waals surface area contributed by atoms with Gasteiger partial charge in [-0.3, -0.25) is 0 Å². The summed E-state index contributed by atoms with van der Waals surface area (Å²) in [6, 6.07) is 0. The van der Waals surface area contributed by atoms with E-state index in [-0.39, 0.29) is 21.8 Å². The summed E-state index contributed by atoms with van der Waals surface area (Å²) in [4.78, 5) is 12.1. The second kappa shape index (κ2) is 6.28. The lowest BCUT2D eigenvalue weighted by Gasteiger charge is -2.36. The smallest absolute Gasteiger partial charge is 0.208 e. The highest BCUT2D eigenvalue weighted by Gasteiger charge is 2.34. The molecule has 0 aliphatic rings. The van der Waals surface area contributed by atoms with E-state index in [1.807, 2.05) is 7.28 Å². The van der Waals surface area contributed by atoms with E-state index in [1.54, 1.807) is 0 Å². The van der Waals surface area contributed by atoms with Gasteiger partial charge in [-0.15, -0.1) is 0 Å². The van der Waals surface area contributed by atoms with Crippen molar-refractivity contribution in [3.8, 4) is 0 Å². The highest BCUT2D eigenvalue weighted by Crippen LogP contribution is 2.43. The predicted octanol–water partition coefficient (Wildman–Crippen LogP) is 5.09. The first-order chi connectivity index (χ1) is 7.75. The molecule has 0 amide bonds. The van der Waals surface area contributed by atoms with Crippen LogP contribution in [-0.2, 0) is 4.79 Å². The molecule has 0 rings (SSSR count). The lowest BCUT2D eigenvalue weighted by molar-refractivity contribution is -0.113. The monoisotopic (exact) mass is 363 g/mol. The molecule has 0 heterocycles. The number of carbonyl (C=O) groups is 1. The van der Waals surface area contributed by atoms with E-state index >= 15 is 0 Å². The zero-order valence-corrected chi connectivity index (χ0v) is 15.5. The quantitative estimate of drug-likeness (QED) is 0.365. The molecule has 18 heavy (non-hydrogen) atoms. The van der Waals surface area contributed by atoms with Crippen LogP contribution in [0.2, 0.25) is 5.31 Å². The molecular weight excluding hydrogens is 334 g/mol. The van der Waals surface area contributed by atoms with Crippen LogP contribution in [0.25, 0.3) is 0 Å². The third-order valence-corrected chi connectivity index (χ3v) is 4.93. The van der Waals surface area contributed by atoms with E-state index in [4.69, 9.17) is 0 Å². The van der Waals surface area contributed by atoms with Gasteiger partial charge in [0.25, 0.3) is 0 Å². The summed E-state index contributed by atoms with van der Waals surface area (Å²) in [5.74, 6) is 0.